The van der Waals surface area contributed by atoms with Gasteiger partial charge in [-0.25, -0.2) is 4.79 Å². The van der Waals surface area contributed by atoms with Crippen molar-refractivity contribution in [2.45, 2.75) is 19.4 Å². The van der Waals surface area contributed by atoms with E-state index in [1.54, 1.807) is 37.3 Å². The fourth-order valence-electron chi connectivity index (χ4n) is 2.64. The Morgan fingerprint density at radius 2 is 1.92 bits per heavy atom. The van der Waals surface area contributed by atoms with Gasteiger partial charge in [0.05, 0.1) is 16.8 Å². The molecule has 2 aromatic rings. The van der Waals surface area contributed by atoms with Crippen molar-refractivity contribution in [3.05, 3.63) is 59.2 Å². The molecule has 0 aromatic heterocycles. The molecular formula is C19H18N2O5. The van der Waals surface area contributed by atoms with Crippen LogP contribution in [0.4, 0.5) is 5.69 Å². The van der Waals surface area contributed by atoms with E-state index >= 15 is 0 Å². The van der Waals surface area contributed by atoms with Crippen LogP contribution in [-0.2, 0) is 11.2 Å². The number of anilines is 1. The van der Waals surface area contributed by atoms with Gasteiger partial charge in [0.25, 0.3) is 11.8 Å². The van der Waals surface area contributed by atoms with Crippen LogP contribution in [-0.4, -0.2) is 35.5 Å². The van der Waals surface area contributed by atoms with Crippen molar-refractivity contribution < 1.29 is 24.2 Å². The molecule has 1 aliphatic heterocycles. The van der Waals surface area contributed by atoms with Crippen molar-refractivity contribution in [1.82, 2.24) is 5.32 Å². The van der Waals surface area contributed by atoms with Crippen LogP contribution in [0.25, 0.3) is 0 Å². The number of carbonyl (C=O) groups is 3. The number of amides is 2. The minimum Gasteiger partial charge on any atom is -0.478 e. The van der Waals surface area contributed by atoms with Crippen LogP contribution in [0.5, 0.6) is 5.75 Å². The lowest BCUT2D eigenvalue weighted by molar-refractivity contribution is -0.122. The van der Waals surface area contributed by atoms with Crippen LogP contribution in [0.1, 0.15) is 33.2 Å². The predicted octanol–water partition coefficient (Wildman–Crippen LogP) is 2.08. The van der Waals surface area contributed by atoms with Crippen molar-refractivity contribution in [2.75, 3.05) is 11.9 Å². The van der Waals surface area contributed by atoms with Gasteiger partial charge >= 0.3 is 5.97 Å². The molecule has 1 aliphatic rings. The molecular weight excluding hydrogens is 336 g/mol. The highest BCUT2D eigenvalue weighted by molar-refractivity contribution is 6.04. The smallest absolute Gasteiger partial charge is 0.335 e. The van der Waals surface area contributed by atoms with Gasteiger partial charge in [0, 0.05) is 6.54 Å². The van der Waals surface area contributed by atoms with E-state index in [2.05, 4.69) is 10.6 Å². The highest BCUT2D eigenvalue weighted by Gasteiger charge is 2.27. The summed E-state index contributed by atoms with van der Waals surface area (Å²) < 4.78 is 5.57. The number of fused-ring (bicyclic) bond motifs is 1. The van der Waals surface area contributed by atoms with E-state index in [9.17, 15) is 14.4 Å². The molecule has 0 spiro atoms. The lowest BCUT2D eigenvalue weighted by atomic mass is 10.1. The zero-order valence-electron chi connectivity index (χ0n) is 14.1. The van der Waals surface area contributed by atoms with E-state index in [4.69, 9.17) is 9.84 Å². The minimum absolute atomic E-state index is 0.224. The number of benzene rings is 2. The van der Waals surface area contributed by atoms with Gasteiger partial charge in [0.15, 0.2) is 11.9 Å². The molecule has 1 heterocycles. The van der Waals surface area contributed by atoms with Gasteiger partial charge in [-0.15, -0.1) is 0 Å². The van der Waals surface area contributed by atoms with Gasteiger partial charge in [-0.1, -0.05) is 18.2 Å². The molecule has 26 heavy (non-hydrogen) atoms. The molecule has 0 fully saturated rings. The Hall–Kier alpha value is -3.35. The first-order chi connectivity index (χ1) is 12.5. The quantitative estimate of drug-likeness (QED) is 0.762. The van der Waals surface area contributed by atoms with Crippen molar-refractivity contribution >= 4 is 23.5 Å². The van der Waals surface area contributed by atoms with Gasteiger partial charge in [0.2, 0.25) is 0 Å². The summed E-state index contributed by atoms with van der Waals surface area (Å²) in [5.41, 5.74) is 1.98. The lowest BCUT2D eigenvalue weighted by Crippen LogP contribution is -2.36. The van der Waals surface area contributed by atoms with E-state index in [1.165, 1.54) is 12.1 Å². The molecule has 1 atom stereocenters. The first kappa shape index (κ1) is 17.5. The molecule has 0 aliphatic carbocycles. The molecule has 0 saturated heterocycles. The average Bonchev–Trinajstić information content (AvgIpc) is 2.62. The third kappa shape index (κ3) is 3.66. The van der Waals surface area contributed by atoms with Crippen LogP contribution in [0.15, 0.2) is 42.5 Å². The summed E-state index contributed by atoms with van der Waals surface area (Å²) in [6, 6.07) is 11.5. The third-order valence-corrected chi connectivity index (χ3v) is 4.08. The Bertz CT molecular complexity index is 861. The standard InChI is InChI=1S/C19H18N2O5/c1-11-17(22)21-15-4-2-3-14(16(15)26-11)18(23)20-10-9-12-5-7-13(8-6-12)19(24)25/h2-8,11H,9-10H2,1H3,(H,20,23)(H,21,22)(H,24,25). The molecule has 3 rings (SSSR count). The second-order valence-corrected chi connectivity index (χ2v) is 5.94. The fraction of sp³-hybridized carbons (Fsp3) is 0.211. The monoisotopic (exact) mass is 354 g/mol. The zero-order valence-corrected chi connectivity index (χ0v) is 14.1. The number of carboxylic acids is 1. The maximum absolute atomic E-state index is 12.5. The number of hydrogen-bond acceptors (Lipinski definition) is 4. The highest BCUT2D eigenvalue weighted by Crippen LogP contribution is 2.33. The lowest BCUT2D eigenvalue weighted by Gasteiger charge is -2.25. The second-order valence-electron chi connectivity index (χ2n) is 5.94. The van der Waals surface area contributed by atoms with Crippen LogP contribution < -0.4 is 15.4 Å². The van der Waals surface area contributed by atoms with E-state index in [-0.39, 0.29) is 17.4 Å². The molecule has 0 saturated carbocycles. The van der Waals surface area contributed by atoms with Crippen molar-refractivity contribution in [2.24, 2.45) is 0 Å². The van der Waals surface area contributed by atoms with Crippen molar-refractivity contribution in [3.8, 4) is 5.75 Å². The Morgan fingerprint density at radius 3 is 2.62 bits per heavy atom. The molecule has 1 unspecified atom stereocenters. The maximum Gasteiger partial charge on any atom is 0.335 e. The fourth-order valence-corrected chi connectivity index (χ4v) is 2.64. The Labute approximate surface area is 150 Å². The topological polar surface area (TPSA) is 105 Å². The number of carboxylic acid groups (broad SMARTS) is 1. The zero-order chi connectivity index (χ0) is 18.7. The Balaban J connectivity index is 1.63. The minimum atomic E-state index is -0.972. The van der Waals surface area contributed by atoms with Crippen LogP contribution in [0.3, 0.4) is 0 Å². The van der Waals surface area contributed by atoms with Crippen molar-refractivity contribution in [3.63, 3.8) is 0 Å². The number of carbonyl (C=O) groups excluding carboxylic acids is 2. The Kier molecular flexibility index (Phi) is 4.88. The summed E-state index contributed by atoms with van der Waals surface area (Å²) in [4.78, 5) is 35.0. The molecule has 0 radical (unpaired) electrons. The van der Waals surface area contributed by atoms with Gasteiger partial charge in [0.1, 0.15) is 0 Å². The summed E-state index contributed by atoms with van der Waals surface area (Å²) in [5.74, 6) is -1.16. The summed E-state index contributed by atoms with van der Waals surface area (Å²) in [5, 5.41) is 14.4. The predicted molar refractivity (Wildman–Crippen MR) is 94.6 cm³/mol. The largest absolute Gasteiger partial charge is 0.478 e. The van der Waals surface area contributed by atoms with E-state index in [1.807, 2.05) is 0 Å². The van der Waals surface area contributed by atoms with E-state index < -0.39 is 12.1 Å². The van der Waals surface area contributed by atoms with Crippen LogP contribution >= 0.6 is 0 Å². The number of aromatic carboxylic acids is 1. The first-order valence-corrected chi connectivity index (χ1v) is 8.16. The summed E-state index contributed by atoms with van der Waals surface area (Å²) >= 11 is 0. The number of rotatable bonds is 5. The summed E-state index contributed by atoms with van der Waals surface area (Å²) in [6.07, 6.45) is -0.0986. The molecule has 7 nitrogen and oxygen atoms in total. The molecule has 7 heteroatoms. The number of ether oxygens (including phenoxy) is 1. The second kappa shape index (κ2) is 7.26. The average molecular weight is 354 g/mol. The summed E-state index contributed by atoms with van der Waals surface area (Å²) in [6.45, 7) is 2.00. The number of hydrogen-bond donors (Lipinski definition) is 3. The number of para-hydroxylation sites is 1. The first-order valence-electron chi connectivity index (χ1n) is 8.16. The van der Waals surface area contributed by atoms with E-state index in [0.29, 0.717) is 30.0 Å². The van der Waals surface area contributed by atoms with Gasteiger partial charge in [-0.3, -0.25) is 9.59 Å². The van der Waals surface area contributed by atoms with Crippen molar-refractivity contribution in [1.29, 1.82) is 0 Å². The maximum atomic E-state index is 12.5. The molecule has 2 amide bonds. The van der Waals surface area contributed by atoms with E-state index in [0.717, 1.165) is 5.56 Å². The molecule has 134 valence electrons. The highest BCUT2D eigenvalue weighted by atomic mass is 16.5. The molecule has 0 bridgehead atoms. The van der Waals surface area contributed by atoms with Gasteiger partial charge in [-0.05, 0) is 43.2 Å². The SMILES string of the molecule is CC1Oc2c(cccc2C(=O)NCCc2ccc(C(=O)O)cc2)NC1=O. The normalized spacial score (nSPS) is 15.4. The van der Waals surface area contributed by atoms with Gasteiger partial charge in [-0.2, -0.15) is 0 Å². The van der Waals surface area contributed by atoms with Crippen LogP contribution in [0, 0.1) is 0 Å². The molecule has 2 aromatic carbocycles. The third-order valence-electron chi connectivity index (χ3n) is 4.08. The molecule has 3 N–H and O–H groups in total. The van der Waals surface area contributed by atoms with Crippen LogP contribution in [0.2, 0.25) is 0 Å². The number of nitrogens with one attached hydrogen (secondary N) is 2. The Morgan fingerprint density at radius 1 is 1.19 bits per heavy atom. The summed E-state index contributed by atoms with van der Waals surface area (Å²) in [7, 11) is 0. The van der Waals surface area contributed by atoms with Gasteiger partial charge < -0.3 is 20.5 Å².